The standard InChI is InChI=1S/C15H16N2O7S/c1-2-24-15(19)12-7-8-16(9-11(12)10-18)25(22,23)14-6-4-3-5-13(14)17(20)21/h3-6,12H,2,7-9H2,1H3. The molecule has 1 unspecified atom stereocenters. The van der Waals surface area contributed by atoms with E-state index in [4.69, 9.17) is 4.74 Å². The molecule has 1 saturated heterocycles. The SMILES string of the molecule is CCOC(=O)C1CCN(S(=O)(=O)c2ccccc2[N+](=O)[O-])CC1=C=O. The molecule has 1 fully saturated rings. The van der Waals surface area contributed by atoms with Gasteiger partial charge in [0.15, 0.2) is 4.90 Å². The van der Waals surface area contributed by atoms with E-state index in [1.165, 1.54) is 12.1 Å². The molecular formula is C15H16N2O7S. The normalized spacial score (nSPS) is 18.4. The molecule has 0 radical (unpaired) electrons. The molecule has 0 N–H and O–H groups in total. The Morgan fingerprint density at radius 2 is 2.12 bits per heavy atom. The van der Waals surface area contributed by atoms with Gasteiger partial charge in [-0.25, -0.2) is 13.2 Å². The lowest BCUT2D eigenvalue weighted by molar-refractivity contribution is -0.387. The highest BCUT2D eigenvalue weighted by Gasteiger charge is 2.39. The van der Waals surface area contributed by atoms with Gasteiger partial charge >= 0.3 is 5.97 Å². The summed E-state index contributed by atoms with van der Waals surface area (Å²) in [6.45, 7) is 1.33. The van der Waals surface area contributed by atoms with Crippen molar-refractivity contribution in [3.05, 3.63) is 40.0 Å². The maximum absolute atomic E-state index is 12.7. The highest BCUT2D eigenvalue weighted by atomic mass is 32.2. The average molecular weight is 368 g/mol. The van der Waals surface area contributed by atoms with Crippen molar-refractivity contribution < 1.29 is 27.7 Å². The molecule has 0 aliphatic carbocycles. The summed E-state index contributed by atoms with van der Waals surface area (Å²) in [5.74, 6) is 0.150. The summed E-state index contributed by atoms with van der Waals surface area (Å²) in [6, 6.07) is 4.96. The van der Waals surface area contributed by atoms with E-state index in [0.29, 0.717) is 0 Å². The van der Waals surface area contributed by atoms with Crippen LogP contribution < -0.4 is 0 Å². The third-order valence-electron chi connectivity index (χ3n) is 3.82. The molecule has 0 amide bonds. The van der Waals surface area contributed by atoms with Crippen molar-refractivity contribution in [3.8, 4) is 0 Å². The zero-order chi connectivity index (χ0) is 18.6. The van der Waals surface area contributed by atoms with Crippen LogP contribution in [-0.2, 0) is 24.3 Å². The Kier molecular flexibility index (Phi) is 5.68. The molecule has 1 atom stereocenters. The smallest absolute Gasteiger partial charge is 0.313 e. The second-order valence-electron chi connectivity index (χ2n) is 5.28. The Bertz CT molecular complexity index is 843. The van der Waals surface area contributed by atoms with Gasteiger partial charge in [-0.15, -0.1) is 0 Å². The van der Waals surface area contributed by atoms with E-state index >= 15 is 0 Å². The number of carbonyl (C=O) groups excluding carboxylic acids is 2. The molecule has 0 spiro atoms. The highest BCUT2D eigenvalue weighted by molar-refractivity contribution is 7.89. The summed E-state index contributed by atoms with van der Waals surface area (Å²) >= 11 is 0. The summed E-state index contributed by atoms with van der Waals surface area (Å²) in [5.41, 5.74) is -0.599. The Morgan fingerprint density at radius 1 is 1.44 bits per heavy atom. The molecule has 1 aromatic carbocycles. The van der Waals surface area contributed by atoms with E-state index in [1.54, 1.807) is 12.9 Å². The summed E-state index contributed by atoms with van der Waals surface area (Å²) < 4.78 is 31.3. The van der Waals surface area contributed by atoms with Gasteiger partial charge < -0.3 is 4.74 Å². The summed E-state index contributed by atoms with van der Waals surface area (Å²) in [7, 11) is -4.20. The molecule has 0 aromatic heterocycles. The van der Waals surface area contributed by atoms with Crippen LogP contribution in [0.1, 0.15) is 13.3 Å². The third kappa shape index (κ3) is 3.76. The van der Waals surface area contributed by atoms with Gasteiger partial charge in [0.2, 0.25) is 10.0 Å². The lowest BCUT2D eigenvalue weighted by Gasteiger charge is -2.30. The van der Waals surface area contributed by atoms with Crippen LogP contribution in [0.5, 0.6) is 0 Å². The van der Waals surface area contributed by atoms with Gasteiger partial charge in [-0.05, 0) is 19.4 Å². The Hall–Kier alpha value is -2.55. The molecule has 1 heterocycles. The molecule has 1 aliphatic rings. The van der Waals surface area contributed by atoms with Gasteiger partial charge in [0.25, 0.3) is 5.69 Å². The fraction of sp³-hybridized carbons (Fsp3) is 0.400. The Morgan fingerprint density at radius 3 is 2.72 bits per heavy atom. The molecule has 0 saturated carbocycles. The van der Waals surface area contributed by atoms with Crippen LogP contribution in [-0.4, -0.2) is 49.3 Å². The van der Waals surface area contributed by atoms with Crippen LogP contribution >= 0.6 is 0 Å². The number of sulfonamides is 1. The second kappa shape index (κ2) is 7.56. The van der Waals surface area contributed by atoms with Crippen LogP contribution in [0.3, 0.4) is 0 Å². The van der Waals surface area contributed by atoms with E-state index in [2.05, 4.69) is 0 Å². The maximum Gasteiger partial charge on any atom is 0.313 e. The van der Waals surface area contributed by atoms with Crippen molar-refractivity contribution in [3.63, 3.8) is 0 Å². The van der Waals surface area contributed by atoms with Crippen molar-refractivity contribution in [2.45, 2.75) is 18.2 Å². The number of ether oxygens (including phenoxy) is 1. The number of esters is 1. The fourth-order valence-corrected chi connectivity index (χ4v) is 4.19. The zero-order valence-electron chi connectivity index (χ0n) is 13.4. The van der Waals surface area contributed by atoms with Crippen molar-refractivity contribution >= 4 is 27.6 Å². The van der Waals surface area contributed by atoms with Crippen LogP contribution in [0.4, 0.5) is 5.69 Å². The molecule has 25 heavy (non-hydrogen) atoms. The molecule has 0 bridgehead atoms. The number of nitro groups is 1. The number of carbonyl (C=O) groups is 1. The summed E-state index contributed by atoms with van der Waals surface area (Å²) in [4.78, 5) is 32.9. The molecule has 9 nitrogen and oxygen atoms in total. The van der Waals surface area contributed by atoms with Crippen molar-refractivity contribution in [1.29, 1.82) is 0 Å². The quantitative estimate of drug-likeness (QED) is 0.328. The number of piperidine rings is 1. The molecule has 2 rings (SSSR count). The second-order valence-corrected chi connectivity index (χ2v) is 7.19. The van der Waals surface area contributed by atoms with Gasteiger partial charge in [0.05, 0.1) is 17.4 Å². The number of hydrogen-bond acceptors (Lipinski definition) is 7. The maximum atomic E-state index is 12.7. The Balaban J connectivity index is 2.33. The van der Waals surface area contributed by atoms with Crippen molar-refractivity contribution in [2.24, 2.45) is 5.92 Å². The summed E-state index contributed by atoms with van der Waals surface area (Å²) in [6.07, 6.45) is 0.0449. The molecule has 10 heteroatoms. The minimum Gasteiger partial charge on any atom is -0.466 e. The molecule has 1 aromatic rings. The molecule has 1 aliphatic heterocycles. The van der Waals surface area contributed by atoms with Crippen LogP contribution in [0.2, 0.25) is 0 Å². The monoisotopic (exact) mass is 368 g/mol. The van der Waals surface area contributed by atoms with Gasteiger partial charge in [-0.2, -0.15) is 4.31 Å². The van der Waals surface area contributed by atoms with Gasteiger partial charge in [0.1, 0.15) is 5.94 Å². The number of hydrogen-bond donors (Lipinski definition) is 0. The number of nitrogens with zero attached hydrogens (tertiary/aromatic N) is 2. The lowest BCUT2D eigenvalue weighted by atomic mass is 9.93. The van der Waals surface area contributed by atoms with Crippen LogP contribution in [0.15, 0.2) is 34.7 Å². The Labute approximate surface area is 144 Å². The lowest BCUT2D eigenvalue weighted by Crippen LogP contribution is -2.42. The molecule has 134 valence electrons. The van der Waals surface area contributed by atoms with E-state index in [-0.39, 0.29) is 31.7 Å². The first kappa shape index (κ1) is 18.8. The first-order chi connectivity index (χ1) is 11.8. The number of para-hydroxylation sites is 1. The predicted octanol–water partition coefficient (Wildman–Crippen LogP) is 0.927. The van der Waals surface area contributed by atoms with Gasteiger partial charge in [-0.1, -0.05) is 12.1 Å². The van der Waals surface area contributed by atoms with Crippen LogP contribution in [0, 0.1) is 16.0 Å². The first-order valence-electron chi connectivity index (χ1n) is 7.47. The number of nitro benzene ring substituents is 1. The van der Waals surface area contributed by atoms with Crippen LogP contribution in [0.25, 0.3) is 0 Å². The number of rotatable bonds is 5. The summed E-state index contributed by atoms with van der Waals surface area (Å²) in [5, 5.41) is 11.1. The predicted molar refractivity (Wildman–Crippen MR) is 85.8 cm³/mol. The average Bonchev–Trinajstić information content (AvgIpc) is 2.61. The fourth-order valence-electron chi connectivity index (χ4n) is 2.60. The van der Waals surface area contributed by atoms with Gasteiger partial charge in [0, 0.05) is 24.7 Å². The highest BCUT2D eigenvalue weighted by Crippen LogP contribution is 2.31. The topological polar surface area (TPSA) is 124 Å². The van der Waals surface area contributed by atoms with E-state index in [9.17, 15) is 28.1 Å². The van der Waals surface area contributed by atoms with E-state index < -0.39 is 37.4 Å². The van der Waals surface area contributed by atoms with Crippen molar-refractivity contribution in [1.82, 2.24) is 4.31 Å². The van der Waals surface area contributed by atoms with Gasteiger partial charge in [-0.3, -0.25) is 14.9 Å². The zero-order valence-corrected chi connectivity index (χ0v) is 14.2. The first-order valence-corrected chi connectivity index (χ1v) is 8.91. The minimum absolute atomic E-state index is 0.0449. The largest absolute Gasteiger partial charge is 0.466 e. The van der Waals surface area contributed by atoms with E-state index in [1.807, 2.05) is 0 Å². The molecular weight excluding hydrogens is 352 g/mol. The third-order valence-corrected chi connectivity index (χ3v) is 5.71. The van der Waals surface area contributed by atoms with E-state index in [0.717, 1.165) is 16.4 Å². The number of benzene rings is 1. The minimum atomic E-state index is -4.20. The van der Waals surface area contributed by atoms with Crippen molar-refractivity contribution in [2.75, 3.05) is 19.7 Å².